The predicted octanol–water partition coefficient (Wildman–Crippen LogP) is 6.88. The van der Waals surface area contributed by atoms with Gasteiger partial charge < -0.3 is 10.1 Å². The molecule has 0 saturated heterocycles. The maximum atomic E-state index is 13.4. The first-order chi connectivity index (χ1) is 18.3. The van der Waals surface area contributed by atoms with Crippen LogP contribution in [-0.4, -0.2) is 33.3 Å². The van der Waals surface area contributed by atoms with Crippen LogP contribution in [0.4, 0.5) is 4.39 Å². The fourth-order valence-corrected chi connectivity index (χ4v) is 4.68. The molecule has 0 aliphatic rings. The van der Waals surface area contributed by atoms with E-state index in [4.69, 9.17) is 4.74 Å². The number of benzene rings is 2. The lowest BCUT2D eigenvalue weighted by molar-refractivity contribution is -0.116. The molecule has 1 heterocycles. The molecule has 0 saturated carbocycles. The van der Waals surface area contributed by atoms with Crippen molar-refractivity contribution in [2.75, 3.05) is 13.4 Å². The molecule has 0 fully saturated rings. The van der Waals surface area contributed by atoms with Crippen LogP contribution >= 0.6 is 0 Å². The van der Waals surface area contributed by atoms with Gasteiger partial charge >= 0.3 is 0 Å². The van der Waals surface area contributed by atoms with Crippen LogP contribution < -0.4 is 10.1 Å². The lowest BCUT2D eigenvalue weighted by Gasteiger charge is -2.21. The Balaban J connectivity index is 0.00000161. The number of rotatable bonds is 10. The highest BCUT2D eigenvalue weighted by Crippen LogP contribution is 2.29. The molecule has 0 spiro atoms. The first-order valence-corrected chi connectivity index (χ1v) is 14.3. The van der Waals surface area contributed by atoms with Crippen LogP contribution in [0.15, 0.2) is 66.2 Å². The number of methoxy groups -OCH3 is 1. The quantitative estimate of drug-likeness (QED) is 0.285. The Kier molecular flexibility index (Phi) is 12.1. The number of allylic oxidation sites excluding steroid dienone is 1. The van der Waals surface area contributed by atoms with Crippen molar-refractivity contribution >= 4 is 28.4 Å². The van der Waals surface area contributed by atoms with E-state index in [9.17, 15) is 13.4 Å². The minimum Gasteiger partial charge on any atom is -0.495 e. The number of carbonyl (C=O) groups is 1. The number of ether oxygens (including phenoxy) is 1. The summed E-state index contributed by atoms with van der Waals surface area (Å²) in [6, 6.07) is 11.1. The molecule has 3 rings (SSSR count). The third-order valence-corrected chi connectivity index (χ3v) is 6.62. The van der Waals surface area contributed by atoms with Gasteiger partial charge in [-0.15, -0.1) is 0 Å². The van der Waals surface area contributed by atoms with Crippen LogP contribution in [0, 0.1) is 5.82 Å². The smallest absolute Gasteiger partial charge is 0.252 e. The van der Waals surface area contributed by atoms with Crippen LogP contribution in [0.3, 0.4) is 0 Å². The van der Waals surface area contributed by atoms with Crippen molar-refractivity contribution in [2.24, 2.45) is 0 Å². The highest BCUT2D eigenvalue weighted by molar-refractivity contribution is 7.84. The number of hydrogen-bond donors (Lipinski definition) is 1. The molecular formula is C30H38FN3O3S. The van der Waals surface area contributed by atoms with Crippen molar-refractivity contribution in [3.05, 3.63) is 84.0 Å². The van der Waals surface area contributed by atoms with Crippen molar-refractivity contribution in [1.82, 2.24) is 15.1 Å². The van der Waals surface area contributed by atoms with E-state index < -0.39 is 10.8 Å². The van der Waals surface area contributed by atoms with Gasteiger partial charge in [0.15, 0.2) is 0 Å². The Morgan fingerprint density at radius 3 is 2.39 bits per heavy atom. The van der Waals surface area contributed by atoms with Crippen molar-refractivity contribution in [2.45, 2.75) is 57.9 Å². The third kappa shape index (κ3) is 7.51. The largest absolute Gasteiger partial charge is 0.495 e. The highest BCUT2D eigenvalue weighted by atomic mass is 32.2. The minimum absolute atomic E-state index is 0.261. The Morgan fingerprint density at radius 1 is 1.21 bits per heavy atom. The molecule has 3 aromatic rings. The zero-order valence-electron chi connectivity index (χ0n) is 23.1. The van der Waals surface area contributed by atoms with Crippen LogP contribution in [0.5, 0.6) is 5.75 Å². The standard InChI is InChI=1S/C27H30FN3O3S.C3H8/c1-6-9-23(18-10-15-25(34-4)26(16-18)35(5)33)30-27(32)21(7-2)22-17-29-31(24(22)8-3)20-13-11-19(28)12-14-20;1-3-2/h7-8,10-17,23H,3,6,9H2,1-2,4-5H3,(H,30,32);3H2,1-2H3/b21-7+;. The normalized spacial score (nSPS) is 12.7. The number of nitrogens with zero attached hydrogens (tertiary/aromatic N) is 2. The van der Waals surface area contributed by atoms with Gasteiger partial charge in [-0.25, -0.2) is 9.07 Å². The number of aromatic nitrogens is 2. The Hall–Kier alpha value is -3.52. The highest BCUT2D eigenvalue weighted by Gasteiger charge is 2.23. The molecule has 2 aromatic carbocycles. The summed E-state index contributed by atoms with van der Waals surface area (Å²) in [7, 11) is 0.300. The van der Waals surface area contributed by atoms with E-state index in [2.05, 4.69) is 30.8 Å². The number of nitrogens with one attached hydrogen (secondary N) is 1. The van der Waals surface area contributed by atoms with Gasteiger partial charge in [0.25, 0.3) is 5.91 Å². The number of hydrogen-bond acceptors (Lipinski definition) is 4. The molecule has 204 valence electrons. The summed E-state index contributed by atoms with van der Waals surface area (Å²) in [5.74, 6) is -0.0535. The molecule has 1 N–H and O–H groups in total. The molecule has 1 aromatic heterocycles. The summed E-state index contributed by atoms with van der Waals surface area (Å²) >= 11 is 0. The SMILES string of the molecule is C=Cc1c(/C(=C\C)C(=O)NC(CCC)c2ccc(OC)c(S(C)=O)c2)cnn1-c1ccc(F)cc1.CCC. The van der Waals surface area contributed by atoms with Crippen molar-refractivity contribution < 1.29 is 18.1 Å². The second-order valence-corrected chi connectivity index (χ2v) is 9.97. The molecule has 0 radical (unpaired) electrons. The Labute approximate surface area is 228 Å². The molecule has 8 heteroatoms. The van der Waals surface area contributed by atoms with Gasteiger partial charge in [0, 0.05) is 17.4 Å². The van der Waals surface area contributed by atoms with Crippen molar-refractivity contribution in [3.8, 4) is 11.4 Å². The van der Waals surface area contributed by atoms with Crippen LogP contribution in [0.2, 0.25) is 0 Å². The molecule has 0 bridgehead atoms. The first kappa shape index (κ1) is 30.7. The number of carbonyl (C=O) groups excluding carboxylic acids is 1. The summed E-state index contributed by atoms with van der Waals surface area (Å²) in [5, 5.41) is 7.54. The van der Waals surface area contributed by atoms with E-state index in [0.29, 0.717) is 39.6 Å². The third-order valence-electron chi connectivity index (χ3n) is 5.68. The summed E-state index contributed by atoms with van der Waals surface area (Å²) in [6.07, 6.45) is 9.36. The number of amides is 1. The molecular weight excluding hydrogens is 501 g/mol. The van der Waals surface area contributed by atoms with Gasteiger partial charge in [0.1, 0.15) is 11.6 Å². The Morgan fingerprint density at radius 2 is 1.87 bits per heavy atom. The summed E-state index contributed by atoms with van der Waals surface area (Å²) < 4.78 is 32.6. The second-order valence-electron chi connectivity index (χ2n) is 8.62. The molecule has 0 aliphatic carbocycles. The summed E-state index contributed by atoms with van der Waals surface area (Å²) in [5.41, 5.74) is 3.20. The lowest BCUT2D eigenvalue weighted by Crippen LogP contribution is -2.29. The molecule has 2 atom stereocenters. The van der Waals surface area contributed by atoms with Crippen LogP contribution in [-0.2, 0) is 15.6 Å². The zero-order valence-corrected chi connectivity index (χ0v) is 23.9. The fraction of sp³-hybridized carbons (Fsp3) is 0.333. The van der Waals surface area contributed by atoms with E-state index >= 15 is 0 Å². The predicted molar refractivity (Wildman–Crippen MR) is 154 cm³/mol. The fourth-order valence-electron chi connectivity index (χ4n) is 3.94. The maximum Gasteiger partial charge on any atom is 0.252 e. The average Bonchev–Trinajstić information content (AvgIpc) is 3.33. The molecule has 2 unspecified atom stereocenters. The van der Waals surface area contributed by atoms with E-state index in [1.807, 2.05) is 19.1 Å². The maximum absolute atomic E-state index is 13.4. The minimum atomic E-state index is -1.24. The van der Waals surface area contributed by atoms with Gasteiger partial charge in [0.2, 0.25) is 0 Å². The van der Waals surface area contributed by atoms with Crippen molar-refractivity contribution in [3.63, 3.8) is 0 Å². The van der Waals surface area contributed by atoms with Crippen LogP contribution in [0.1, 0.15) is 69.8 Å². The second kappa shape index (κ2) is 15.0. The topological polar surface area (TPSA) is 73.2 Å². The molecule has 0 aliphatic heterocycles. The van der Waals surface area contributed by atoms with Crippen molar-refractivity contribution in [1.29, 1.82) is 0 Å². The number of halogens is 1. The summed E-state index contributed by atoms with van der Waals surface area (Å²) in [6.45, 7) is 12.0. The lowest BCUT2D eigenvalue weighted by atomic mass is 10.00. The van der Waals surface area contributed by atoms with Gasteiger partial charge in [-0.05, 0) is 61.4 Å². The van der Waals surface area contributed by atoms with E-state index in [-0.39, 0.29) is 17.8 Å². The van der Waals surface area contributed by atoms with Gasteiger partial charge in [-0.3, -0.25) is 9.00 Å². The molecule has 6 nitrogen and oxygen atoms in total. The monoisotopic (exact) mass is 539 g/mol. The first-order valence-electron chi connectivity index (χ1n) is 12.7. The summed E-state index contributed by atoms with van der Waals surface area (Å²) in [4.78, 5) is 14.0. The van der Waals surface area contributed by atoms with E-state index in [0.717, 1.165) is 12.0 Å². The zero-order chi connectivity index (χ0) is 28.2. The molecule has 38 heavy (non-hydrogen) atoms. The van der Waals surface area contributed by atoms with Crippen LogP contribution in [0.25, 0.3) is 17.3 Å². The average molecular weight is 540 g/mol. The molecule has 1 amide bonds. The van der Waals surface area contributed by atoms with E-state index in [1.54, 1.807) is 54.4 Å². The van der Waals surface area contributed by atoms with E-state index in [1.165, 1.54) is 25.7 Å². The van der Waals surface area contributed by atoms with Gasteiger partial charge in [-0.2, -0.15) is 5.10 Å². The van der Waals surface area contributed by atoms with Gasteiger partial charge in [-0.1, -0.05) is 52.3 Å². The Bertz CT molecular complexity index is 1280. The van der Waals surface area contributed by atoms with Gasteiger partial charge in [0.05, 0.1) is 46.4 Å².